The third-order valence-electron chi connectivity index (χ3n) is 4.83. The summed E-state index contributed by atoms with van der Waals surface area (Å²) in [6.07, 6.45) is 4.57. The van der Waals surface area contributed by atoms with Crippen LogP contribution in [0, 0.1) is 23.7 Å². The minimum atomic E-state index is 0.697. The van der Waals surface area contributed by atoms with E-state index < -0.39 is 0 Å². The number of hydrogen-bond acceptors (Lipinski definition) is 3. The predicted octanol–water partition coefficient (Wildman–Crippen LogP) is 2.11. The molecule has 0 aromatic rings. The second-order valence-corrected chi connectivity index (χ2v) is 7.16. The summed E-state index contributed by atoms with van der Waals surface area (Å²) in [5, 5.41) is 5.63. The van der Waals surface area contributed by atoms with Gasteiger partial charge in [0, 0.05) is 11.3 Å². The molecule has 4 aliphatic rings. The zero-order valence-electron chi connectivity index (χ0n) is 9.15. The molecule has 4 rings (SSSR count). The van der Waals surface area contributed by atoms with Crippen molar-refractivity contribution in [2.24, 2.45) is 28.7 Å². The lowest BCUT2D eigenvalue weighted by Gasteiger charge is -2.11. The van der Waals surface area contributed by atoms with Crippen molar-refractivity contribution in [3.05, 3.63) is 0 Å². The number of nitrogens with one attached hydrogen (secondary N) is 1. The van der Waals surface area contributed by atoms with E-state index in [0.29, 0.717) is 5.25 Å². The fraction of sp³-hybridized carbons (Fsp3) is 0.917. The van der Waals surface area contributed by atoms with Gasteiger partial charge in [0.15, 0.2) is 5.17 Å². The highest BCUT2D eigenvalue weighted by atomic mass is 32.2. The van der Waals surface area contributed by atoms with Crippen LogP contribution in [0.1, 0.15) is 26.2 Å². The van der Waals surface area contributed by atoms with E-state index in [0.717, 1.165) is 36.3 Å². The summed E-state index contributed by atoms with van der Waals surface area (Å²) in [5.74, 6) is 4.20. The van der Waals surface area contributed by atoms with Gasteiger partial charge in [-0.3, -0.25) is 4.99 Å². The highest BCUT2D eigenvalue weighted by Gasteiger charge is 2.65. The number of nitrogens with zero attached hydrogens (tertiary/aromatic N) is 1. The minimum Gasteiger partial charge on any atom is -0.362 e. The van der Waals surface area contributed by atoms with Crippen LogP contribution in [-0.4, -0.2) is 23.0 Å². The van der Waals surface area contributed by atoms with E-state index in [-0.39, 0.29) is 0 Å². The number of aliphatic imine (C=N–C) groups is 1. The van der Waals surface area contributed by atoms with Crippen LogP contribution in [-0.2, 0) is 0 Å². The molecule has 1 heterocycles. The van der Waals surface area contributed by atoms with Crippen molar-refractivity contribution in [2.45, 2.75) is 37.5 Å². The van der Waals surface area contributed by atoms with Crippen LogP contribution in [0.25, 0.3) is 0 Å². The largest absolute Gasteiger partial charge is 0.362 e. The highest BCUT2D eigenvalue weighted by molar-refractivity contribution is 8.14. The lowest BCUT2D eigenvalue weighted by atomic mass is 10.0. The molecule has 0 radical (unpaired) electrons. The Hall–Kier alpha value is -0.180. The normalized spacial score (nSPS) is 55.4. The van der Waals surface area contributed by atoms with Crippen LogP contribution in [0.15, 0.2) is 4.99 Å². The second kappa shape index (κ2) is 2.93. The summed E-state index contributed by atoms with van der Waals surface area (Å²) in [6.45, 7) is 3.28. The molecular weight excluding hydrogens is 204 g/mol. The summed E-state index contributed by atoms with van der Waals surface area (Å²) in [4.78, 5) is 4.56. The molecule has 1 aliphatic heterocycles. The van der Waals surface area contributed by atoms with Gasteiger partial charge in [-0.05, 0) is 42.9 Å². The van der Waals surface area contributed by atoms with Crippen molar-refractivity contribution in [3.63, 3.8) is 0 Å². The maximum atomic E-state index is 4.56. The van der Waals surface area contributed by atoms with Crippen molar-refractivity contribution < 1.29 is 0 Å². The van der Waals surface area contributed by atoms with Gasteiger partial charge >= 0.3 is 0 Å². The topological polar surface area (TPSA) is 24.4 Å². The van der Waals surface area contributed by atoms with Crippen LogP contribution in [0.4, 0.5) is 0 Å². The van der Waals surface area contributed by atoms with Gasteiger partial charge in [0.05, 0.1) is 6.54 Å². The first-order valence-electron chi connectivity index (χ1n) is 6.30. The first-order chi connectivity index (χ1) is 7.33. The molecule has 3 aliphatic carbocycles. The molecule has 0 saturated heterocycles. The van der Waals surface area contributed by atoms with E-state index in [1.54, 1.807) is 6.42 Å². The summed E-state index contributed by atoms with van der Waals surface area (Å²) in [5.41, 5.74) is 0. The summed E-state index contributed by atoms with van der Waals surface area (Å²) < 4.78 is 0. The van der Waals surface area contributed by atoms with Gasteiger partial charge < -0.3 is 5.32 Å². The van der Waals surface area contributed by atoms with Gasteiger partial charge in [0.2, 0.25) is 0 Å². The van der Waals surface area contributed by atoms with Crippen molar-refractivity contribution in [1.29, 1.82) is 0 Å². The average Bonchev–Trinajstić information content (AvgIpc) is 2.62. The van der Waals surface area contributed by atoms with Crippen molar-refractivity contribution in [3.8, 4) is 0 Å². The Balaban J connectivity index is 1.42. The first kappa shape index (κ1) is 8.91. The average molecular weight is 222 g/mol. The predicted molar refractivity (Wildman–Crippen MR) is 64.1 cm³/mol. The van der Waals surface area contributed by atoms with Gasteiger partial charge in [-0.25, -0.2) is 0 Å². The van der Waals surface area contributed by atoms with Crippen LogP contribution in [0.3, 0.4) is 0 Å². The molecule has 1 N–H and O–H groups in total. The second-order valence-electron chi connectivity index (χ2n) is 5.73. The Kier molecular flexibility index (Phi) is 1.74. The monoisotopic (exact) mass is 222 g/mol. The maximum Gasteiger partial charge on any atom is 0.157 e. The molecule has 0 aromatic carbocycles. The number of fused-ring (bicyclic) bond motifs is 5. The number of rotatable bonds is 1. The van der Waals surface area contributed by atoms with Crippen LogP contribution in [0.2, 0.25) is 0 Å². The van der Waals surface area contributed by atoms with E-state index in [1.165, 1.54) is 18.0 Å². The Morgan fingerprint density at radius 3 is 2.60 bits per heavy atom. The van der Waals surface area contributed by atoms with Gasteiger partial charge in [0.1, 0.15) is 0 Å². The molecule has 3 heteroatoms. The van der Waals surface area contributed by atoms with Gasteiger partial charge in [-0.2, -0.15) is 0 Å². The van der Waals surface area contributed by atoms with Gasteiger partial charge in [-0.1, -0.05) is 18.7 Å². The molecule has 0 spiro atoms. The number of hydrogen-bond donors (Lipinski definition) is 1. The highest BCUT2D eigenvalue weighted by Crippen LogP contribution is 2.65. The summed E-state index contributed by atoms with van der Waals surface area (Å²) >= 11 is 1.93. The van der Waals surface area contributed by atoms with E-state index in [4.69, 9.17) is 0 Å². The lowest BCUT2D eigenvalue weighted by molar-refractivity contribution is 0.456. The van der Waals surface area contributed by atoms with E-state index in [9.17, 15) is 0 Å². The fourth-order valence-electron chi connectivity index (χ4n) is 4.22. The first-order valence-corrected chi connectivity index (χ1v) is 7.18. The maximum absolute atomic E-state index is 4.56. The number of thioether (sulfide) groups is 1. The molecule has 5 unspecified atom stereocenters. The summed E-state index contributed by atoms with van der Waals surface area (Å²) in [6, 6.07) is 0.813. The van der Waals surface area contributed by atoms with Crippen molar-refractivity contribution in [1.82, 2.24) is 5.32 Å². The molecule has 3 saturated carbocycles. The van der Waals surface area contributed by atoms with Crippen LogP contribution < -0.4 is 5.32 Å². The molecule has 5 atom stereocenters. The molecular formula is C12H18N2S. The lowest BCUT2D eigenvalue weighted by Crippen LogP contribution is -2.27. The van der Waals surface area contributed by atoms with E-state index in [1.807, 2.05) is 11.8 Å². The van der Waals surface area contributed by atoms with Crippen LogP contribution in [0.5, 0.6) is 0 Å². The zero-order chi connectivity index (χ0) is 9.99. The third-order valence-corrected chi connectivity index (χ3v) is 5.85. The van der Waals surface area contributed by atoms with Gasteiger partial charge in [-0.15, -0.1) is 0 Å². The molecule has 2 bridgehead atoms. The van der Waals surface area contributed by atoms with Crippen molar-refractivity contribution >= 4 is 16.9 Å². The Morgan fingerprint density at radius 2 is 2.00 bits per heavy atom. The standard InChI is InChI=1S/C12H18N2S/c1-6-5-13-12(15-6)14-11-9-7-2-3-8(4-7)10(9)11/h6-11H,2-5H2,1H3,(H,13,14). The third kappa shape index (κ3) is 1.22. The number of amidine groups is 1. The Morgan fingerprint density at radius 1 is 1.27 bits per heavy atom. The fourth-order valence-corrected chi connectivity index (χ4v) is 5.10. The van der Waals surface area contributed by atoms with E-state index in [2.05, 4.69) is 17.2 Å². The van der Waals surface area contributed by atoms with Crippen molar-refractivity contribution in [2.75, 3.05) is 6.54 Å². The Labute approximate surface area is 95.3 Å². The molecule has 0 amide bonds. The SMILES string of the molecule is CC1CN=C(NC2C3C4CCC(C4)C23)S1. The molecule has 2 nitrogen and oxygen atoms in total. The quantitative estimate of drug-likeness (QED) is 0.735. The molecule has 82 valence electrons. The van der Waals surface area contributed by atoms with Gasteiger partial charge in [0.25, 0.3) is 0 Å². The van der Waals surface area contributed by atoms with Crippen LogP contribution >= 0.6 is 11.8 Å². The smallest absolute Gasteiger partial charge is 0.157 e. The minimum absolute atomic E-state index is 0.697. The van der Waals surface area contributed by atoms with E-state index >= 15 is 0 Å². The molecule has 3 fully saturated rings. The molecule has 0 aromatic heterocycles. The summed E-state index contributed by atoms with van der Waals surface area (Å²) in [7, 11) is 0. The zero-order valence-corrected chi connectivity index (χ0v) is 9.96. The Bertz CT molecular complexity index is 312. The molecule has 15 heavy (non-hydrogen) atoms.